The summed E-state index contributed by atoms with van der Waals surface area (Å²) in [5.74, 6) is 0.0313. The van der Waals surface area contributed by atoms with Gasteiger partial charge in [-0.3, -0.25) is 9.69 Å². The number of likely N-dealkylation sites (tertiary alicyclic amines) is 2. The third-order valence-corrected chi connectivity index (χ3v) is 6.26. The van der Waals surface area contributed by atoms with E-state index in [-0.39, 0.29) is 5.91 Å². The number of aryl methyl sites for hydroxylation is 1. The number of hydrogen-bond donors (Lipinski definition) is 0. The molecule has 2 fully saturated rings. The number of piperidine rings is 1. The fourth-order valence-corrected chi connectivity index (χ4v) is 4.67. The highest BCUT2D eigenvalue weighted by atomic mass is 32.1. The second kappa shape index (κ2) is 8.07. The van der Waals surface area contributed by atoms with Crippen LogP contribution in [0.4, 0.5) is 0 Å². The van der Waals surface area contributed by atoms with Gasteiger partial charge in [-0.2, -0.15) is 0 Å². The first-order valence-corrected chi connectivity index (χ1v) is 9.66. The fourth-order valence-electron chi connectivity index (χ4n) is 4.21. The summed E-state index contributed by atoms with van der Waals surface area (Å²) in [5.41, 5.74) is 0.815. The molecule has 8 heteroatoms. The predicted molar refractivity (Wildman–Crippen MR) is 95.9 cm³/mol. The van der Waals surface area contributed by atoms with Crippen LogP contribution in [0.5, 0.6) is 0 Å². The van der Waals surface area contributed by atoms with Crippen LogP contribution >= 0.6 is 11.5 Å². The van der Waals surface area contributed by atoms with E-state index in [1.807, 2.05) is 11.8 Å². The molecule has 2 aliphatic rings. The Hall–Kier alpha value is -1.09. The smallest absolute Gasteiger partial charge is 0.275 e. The Morgan fingerprint density at radius 2 is 2.08 bits per heavy atom. The molecule has 0 aliphatic carbocycles. The summed E-state index contributed by atoms with van der Waals surface area (Å²) < 4.78 is 14.6. The van der Waals surface area contributed by atoms with Crippen LogP contribution in [0.2, 0.25) is 0 Å². The summed E-state index contributed by atoms with van der Waals surface area (Å²) in [6, 6.07) is 0.451. The Labute approximate surface area is 153 Å². The molecule has 140 valence electrons. The van der Waals surface area contributed by atoms with E-state index in [2.05, 4.69) is 14.5 Å². The molecule has 1 aromatic heterocycles. The lowest BCUT2D eigenvalue weighted by atomic mass is 9.76. The minimum Gasteiger partial charge on any atom is -0.383 e. The summed E-state index contributed by atoms with van der Waals surface area (Å²) in [6.07, 6.45) is 3.22. The zero-order valence-corrected chi connectivity index (χ0v) is 16.2. The molecule has 7 nitrogen and oxygen atoms in total. The summed E-state index contributed by atoms with van der Waals surface area (Å²) in [5, 5.41) is 4.00. The number of amides is 1. The third-order valence-electron chi connectivity index (χ3n) is 5.63. The highest BCUT2D eigenvalue weighted by Gasteiger charge is 2.46. The summed E-state index contributed by atoms with van der Waals surface area (Å²) >= 11 is 1.29. The monoisotopic (exact) mass is 368 g/mol. The summed E-state index contributed by atoms with van der Waals surface area (Å²) in [7, 11) is 3.52. The van der Waals surface area contributed by atoms with Gasteiger partial charge < -0.3 is 14.4 Å². The van der Waals surface area contributed by atoms with Crippen molar-refractivity contribution in [1.82, 2.24) is 19.4 Å². The van der Waals surface area contributed by atoms with Crippen LogP contribution < -0.4 is 0 Å². The maximum absolute atomic E-state index is 12.6. The van der Waals surface area contributed by atoms with Crippen LogP contribution in [0.25, 0.3) is 0 Å². The lowest BCUT2D eigenvalue weighted by Gasteiger charge is -2.39. The molecule has 1 atom stereocenters. The van der Waals surface area contributed by atoms with Crippen LogP contribution in [0.15, 0.2) is 0 Å². The molecule has 0 radical (unpaired) electrons. The fraction of sp³-hybridized carbons (Fsp3) is 0.824. The molecule has 25 heavy (non-hydrogen) atoms. The van der Waals surface area contributed by atoms with Crippen molar-refractivity contribution < 1.29 is 14.3 Å². The SMILES string of the molecule is COCCN1CC2(CCN(C(=O)c3nnsc3C)CC2)C[C@H]1COC. The molecule has 0 unspecified atom stereocenters. The van der Waals surface area contributed by atoms with Crippen LogP contribution in [0.1, 0.15) is 34.6 Å². The maximum Gasteiger partial charge on any atom is 0.275 e. The summed E-state index contributed by atoms with van der Waals surface area (Å²) in [6.45, 7) is 7.03. The quantitative estimate of drug-likeness (QED) is 0.757. The van der Waals surface area contributed by atoms with Gasteiger partial charge in [0.25, 0.3) is 5.91 Å². The van der Waals surface area contributed by atoms with Crippen molar-refractivity contribution in [3.8, 4) is 0 Å². The van der Waals surface area contributed by atoms with Gasteiger partial charge in [0.05, 0.1) is 18.1 Å². The van der Waals surface area contributed by atoms with Crippen molar-refractivity contribution in [2.75, 3.05) is 53.6 Å². The van der Waals surface area contributed by atoms with E-state index in [1.54, 1.807) is 14.2 Å². The number of methoxy groups -OCH3 is 2. The first-order valence-electron chi connectivity index (χ1n) is 8.89. The molecule has 1 aromatic rings. The minimum absolute atomic E-state index is 0.0313. The van der Waals surface area contributed by atoms with Crippen LogP contribution in [-0.4, -0.2) is 84.9 Å². The van der Waals surface area contributed by atoms with Crippen molar-refractivity contribution in [3.05, 3.63) is 10.6 Å². The van der Waals surface area contributed by atoms with Crippen molar-refractivity contribution in [3.63, 3.8) is 0 Å². The third kappa shape index (κ3) is 4.02. The molecular formula is C17H28N4O3S. The molecule has 0 N–H and O–H groups in total. The van der Waals surface area contributed by atoms with Gasteiger partial charge >= 0.3 is 0 Å². The largest absolute Gasteiger partial charge is 0.383 e. The van der Waals surface area contributed by atoms with Gasteiger partial charge in [0, 0.05) is 46.4 Å². The predicted octanol–water partition coefficient (Wildman–Crippen LogP) is 1.44. The van der Waals surface area contributed by atoms with Gasteiger partial charge in [-0.15, -0.1) is 5.10 Å². The minimum atomic E-state index is 0.0313. The number of hydrogen-bond acceptors (Lipinski definition) is 7. The molecule has 0 aromatic carbocycles. The molecule has 3 rings (SSSR count). The molecule has 0 saturated carbocycles. The van der Waals surface area contributed by atoms with E-state index < -0.39 is 0 Å². The van der Waals surface area contributed by atoms with E-state index in [9.17, 15) is 4.79 Å². The van der Waals surface area contributed by atoms with Crippen LogP contribution in [-0.2, 0) is 9.47 Å². The van der Waals surface area contributed by atoms with Gasteiger partial charge in [-0.1, -0.05) is 4.49 Å². The zero-order chi connectivity index (χ0) is 17.9. The Bertz CT molecular complexity index is 586. The molecule has 1 spiro atoms. The first-order chi connectivity index (χ1) is 12.1. The van der Waals surface area contributed by atoms with Gasteiger partial charge in [-0.05, 0) is 43.1 Å². The van der Waals surface area contributed by atoms with Crippen molar-refractivity contribution in [2.45, 2.75) is 32.2 Å². The van der Waals surface area contributed by atoms with Gasteiger partial charge in [0.1, 0.15) is 0 Å². The Balaban J connectivity index is 1.60. The highest BCUT2D eigenvalue weighted by Crippen LogP contribution is 2.43. The first kappa shape index (κ1) is 18.7. The van der Waals surface area contributed by atoms with Crippen LogP contribution in [0.3, 0.4) is 0 Å². The number of aromatic nitrogens is 2. The number of carbonyl (C=O) groups is 1. The second-order valence-electron chi connectivity index (χ2n) is 7.25. The standard InChI is InChI=1S/C17H28N4O3S/c1-13-15(18-19-25-13)16(22)20-6-4-17(5-7-20)10-14(11-24-3)21(12-17)8-9-23-2/h14H,4-12H2,1-3H3/t14-/m0/s1. The van der Waals surface area contributed by atoms with Crippen LogP contribution in [0, 0.1) is 12.3 Å². The molecular weight excluding hydrogens is 340 g/mol. The molecule has 2 saturated heterocycles. The van der Waals surface area contributed by atoms with Crippen molar-refractivity contribution >= 4 is 17.4 Å². The number of carbonyl (C=O) groups excluding carboxylic acids is 1. The van der Waals surface area contributed by atoms with E-state index in [4.69, 9.17) is 9.47 Å². The van der Waals surface area contributed by atoms with Gasteiger partial charge in [0.2, 0.25) is 0 Å². The summed E-state index contributed by atoms with van der Waals surface area (Å²) in [4.78, 5) is 18.0. The highest BCUT2D eigenvalue weighted by molar-refractivity contribution is 7.05. The van der Waals surface area contributed by atoms with Crippen molar-refractivity contribution in [2.24, 2.45) is 5.41 Å². The normalized spacial score (nSPS) is 23.5. The van der Waals surface area contributed by atoms with E-state index in [0.29, 0.717) is 17.2 Å². The average molecular weight is 369 g/mol. The number of rotatable bonds is 6. The molecule has 0 bridgehead atoms. The Kier molecular flexibility index (Phi) is 6.04. The van der Waals surface area contributed by atoms with E-state index >= 15 is 0 Å². The average Bonchev–Trinajstić information content (AvgIpc) is 3.18. The second-order valence-corrected chi connectivity index (χ2v) is 8.20. The maximum atomic E-state index is 12.6. The molecule has 3 heterocycles. The molecule has 2 aliphatic heterocycles. The van der Waals surface area contributed by atoms with Gasteiger partial charge in [0.15, 0.2) is 5.69 Å². The topological polar surface area (TPSA) is 67.8 Å². The number of ether oxygens (including phenoxy) is 2. The Morgan fingerprint density at radius 3 is 2.68 bits per heavy atom. The Morgan fingerprint density at radius 1 is 1.32 bits per heavy atom. The molecule has 1 amide bonds. The lowest BCUT2D eigenvalue weighted by molar-refractivity contribution is 0.0576. The van der Waals surface area contributed by atoms with E-state index in [1.165, 1.54) is 11.5 Å². The van der Waals surface area contributed by atoms with E-state index in [0.717, 1.165) is 63.5 Å². The van der Waals surface area contributed by atoms with Gasteiger partial charge in [-0.25, -0.2) is 0 Å². The number of nitrogens with zero attached hydrogens (tertiary/aromatic N) is 4. The zero-order valence-electron chi connectivity index (χ0n) is 15.4. The van der Waals surface area contributed by atoms with Crippen molar-refractivity contribution in [1.29, 1.82) is 0 Å². The lowest BCUT2D eigenvalue weighted by Crippen LogP contribution is -2.44.